The predicted molar refractivity (Wildman–Crippen MR) is 99.5 cm³/mol. The van der Waals surface area contributed by atoms with Crippen LogP contribution in [0.25, 0.3) is 0 Å². The molecular formula is C20H29ClN2O. The largest absolute Gasteiger partial charge is 0.347 e. The number of nitrogens with zero attached hydrogens (tertiary/aromatic N) is 2. The molecule has 24 heavy (non-hydrogen) atoms. The van der Waals surface area contributed by atoms with Crippen LogP contribution in [0.15, 0.2) is 18.2 Å². The van der Waals surface area contributed by atoms with Gasteiger partial charge >= 0.3 is 0 Å². The van der Waals surface area contributed by atoms with Gasteiger partial charge in [0.25, 0.3) is 0 Å². The summed E-state index contributed by atoms with van der Waals surface area (Å²) in [6, 6.07) is 6.57. The zero-order valence-corrected chi connectivity index (χ0v) is 16.4. The van der Waals surface area contributed by atoms with Crippen LogP contribution >= 0.6 is 11.6 Å². The summed E-state index contributed by atoms with van der Waals surface area (Å²) in [7, 11) is 3.71. The summed E-state index contributed by atoms with van der Waals surface area (Å²) >= 11 is 6.55. The van der Waals surface area contributed by atoms with Crippen LogP contribution in [-0.2, 0) is 11.2 Å². The van der Waals surface area contributed by atoms with Crippen LogP contribution in [0, 0.1) is 11.3 Å². The van der Waals surface area contributed by atoms with Crippen molar-refractivity contribution in [1.29, 1.82) is 0 Å². The summed E-state index contributed by atoms with van der Waals surface area (Å²) in [6.07, 6.45) is 0.992. The molecule has 1 heterocycles. The van der Waals surface area contributed by atoms with Crippen LogP contribution in [0.5, 0.6) is 0 Å². The molecule has 2 aliphatic rings. The van der Waals surface area contributed by atoms with Crippen LogP contribution in [-0.4, -0.2) is 48.4 Å². The lowest BCUT2D eigenvalue weighted by Crippen LogP contribution is -2.70. The number of halogens is 1. The Morgan fingerprint density at radius 1 is 1.33 bits per heavy atom. The van der Waals surface area contributed by atoms with Gasteiger partial charge in [-0.3, -0.25) is 9.69 Å². The SMILES string of the molecule is CC(C)[C@@H]1c2c(Cl)cccc2C[C@H]1N1CC(C)(C)[C@H]1C(=O)N(C)C. The van der Waals surface area contributed by atoms with E-state index in [9.17, 15) is 4.79 Å². The lowest BCUT2D eigenvalue weighted by atomic mass is 9.71. The molecule has 132 valence electrons. The van der Waals surface area contributed by atoms with Crippen molar-refractivity contribution in [3.8, 4) is 0 Å². The first-order chi connectivity index (χ1) is 11.1. The Bertz CT molecular complexity index is 653. The average Bonchev–Trinajstić information content (AvgIpc) is 2.85. The fourth-order valence-corrected chi connectivity index (χ4v) is 5.11. The zero-order valence-electron chi connectivity index (χ0n) is 15.6. The van der Waals surface area contributed by atoms with Crippen LogP contribution in [0.1, 0.15) is 44.7 Å². The second-order valence-corrected chi connectivity index (χ2v) is 9.06. The minimum Gasteiger partial charge on any atom is -0.347 e. The molecule has 0 N–H and O–H groups in total. The smallest absolute Gasteiger partial charge is 0.240 e. The summed E-state index contributed by atoms with van der Waals surface area (Å²) in [6.45, 7) is 9.91. The van der Waals surface area contributed by atoms with Gasteiger partial charge in [0, 0.05) is 43.0 Å². The predicted octanol–water partition coefficient (Wildman–Crippen LogP) is 3.80. The minimum absolute atomic E-state index is 0.0292. The van der Waals surface area contributed by atoms with Gasteiger partial charge in [0.2, 0.25) is 5.91 Å². The van der Waals surface area contributed by atoms with Crippen molar-refractivity contribution in [2.75, 3.05) is 20.6 Å². The summed E-state index contributed by atoms with van der Waals surface area (Å²) < 4.78 is 0. The van der Waals surface area contributed by atoms with Crippen LogP contribution in [0.3, 0.4) is 0 Å². The van der Waals surface area contributed by atoms with E-state index >= 15 is 0 Å². The number of carbonyl (C=O) groups is 1. The number of hydrogen-bond donors (Lipinski definition) is 0. The Hall–Kier alpha value is -1.06. The first kappa shape index (κ1) is 17.8. The Labute approximate surface area is 151 Å². The molecule has 3 nitrogen and oxygen atoms in total. The molecule has 0 spiro atoms. The van der Waals surface area contributed by atoms with Crippen LogP contribution in [0.4, 0.5) is 0 Å². The quantitative estimate of drug-likeness (QED) is 0.829. The van der Waals surface area contributed by atoms with Gasteiger partial charge in [-0.1, -0.05) is 51.4 Å². The first-order valence-electron chi connectivity index (χ1n) is 8.89. The van der Waals surface area contributed by atoms with Crippen molar-refractivity contribution in [3.05, 3.63) is 34.3 Å². The van der Waals surface area contributed by atoms with Gasteiger partial charge in [0.1, 0.15) is 0 Å². The van der Waals surface area contributed by atoms with Gasteiger partial charge in [-0.2, -0.15) is 0 Å². The maximum atomic E-state index is 12.8. The number of fused-ring (bicyclic) bond motifs is 1. The van der Waals surface area contributed by atoms with Gasteiger partial charge in [0.05, 0.1) is 6.04 Å². The van der Waals surface area contributed by atoms with E-state index in [1.807, 2.05) is 26.2 Å². The second-order valence-electron chi connectivity index (χ2n) is 8.65. The number of likely N-dealkylation sites (N-methyl/N-ethyl adjacent to an activating group) is 1. The summed E-state index contributed by atoms with van der Waals surface area (Å²) in [5.41, 5.74) is 2.69. The van der Waals surface area contributed by atoms with E-state index in [-0.39, 0.29) is 17.4 Å². The molecule has 0 radical (unpaired) electrons. The Morgan fingerprint density at radius 3 is 2.54 bits per heavy atom. The molecule has 1 fully saturated rings. The third kappa shape index (κ3) is 2.66. The normalized spacial score (nSPS) is 28.6. The van der Waals surface area contributed by atoms with Gasteiger partial charge < -0.3 is 4.90 Å². The first-order valence-corrected chi connectivity index (χ1v) is 9.27. The highest BCUT2D eigenvalue weighted by Gasteiger charge is 2.55. The van der Waals surface area contributed by atoms with E-state index in [0.717, 1.165) is 18.0 Å². The van der Waals surface area contributed by atoms with E-state index < -0.39 is 0 Å². The van der Waals surface area contributed by atoms with Crippen molar-refractivity contribution in [1.82, 2.24) is 9.80 Å². The molecule has 3 rings (SSSR count). The second kappa shape index (κ2) is 6.03. The number of carbonyl (C=O) groups excluding carboxylic acids is 1. The fourth-order valence-electron chi connectivity index (χ4n) is 4.79. The molecule has 1 amide bonds. The number of benzene rings is 1. The van der Waals surface area contributed by atoms with Crippen molar-refractivity contribution in [3.63, 3.8) is 0 Å². The lowest BCUT2D eigenvalue weighted by Gasteiger charge is -2.57. The molecule has 4 heteroatoms. The molecule has 1 aliphatic heterocycles. The maximum absolute atomic E-state index is 12.8. The fraction of sp³-hybridized carbons (Fsp3) is 0.650. The summed E-state index contributed by atoms with van der Waals surface area (Å²) in [5.74, 6) is 1.10. The molecule has 0 bridgehead atoms. The number of likely N-dealkylation sites (tertiary alicyclic amines) is 1. The van der Waals surface area contributed by atoms with Crippen molar-refractivity contribution in [2.45, 2.75) is 52.1 Å². The van der Waals surface area contributed by atoms with Crippen molar-refractivity contribution in [2.24, 2.45) is 11.3 Å². The molecule has 1 aliphatic carbocycles. The highest BCUT2D eigenvalue weighted by atomic mass is 35.5. The number of rotatable bonds is 3. The standard InChI is InChI=1S/C20H29ClN2O/c1-12(2)16-15(10-13-8-7-9-14(21)17(13)16)23-11-20(3,4)18(23)19(24)22(5)6/h7-9,12,15-16,18H,10-11H2,1-6H3/t15-,16+,18-/m1/s1. The van der Waals surface area contributed by atoms with E-state index in [2.05, 4.69) is 38.7 Å². The third-order valence-electron chi connectivity index (χ3n) is 5.80. The zero-order chi connectivity index (χ0) is 17.8. The summed E-state index contributed by atoms with van der Waals surface area (Å²) in [4.78, 5) is 17.0. The Kier molecular flexibility index (Phi) is 4.46. The summed E-state index contributed by atoms with van der Waals surface area (Å²) in [5, 5.41) is 0.879. The molecular weight excluding hydrogens is 320 g/mol. The molecule has 1 aromatic carbocycles. The number of hydrogen-bond acceptors (Lipinski definition) is 2. The van der Waals surface area contributed by atoms with E-state index in [1.165, 1.54) is 11.1 Å². The monoisotopic (exact) mass is 348 g/mol. The molecule has 0 saturated carbocycles. The van der Waals surface area contributed by atoms with E-state index in [4.69, 9.17) is 11.6 Å². The lowest BCUT2D eigenvalue weighted by molar-refractivity contribution is -0.158. The highest BCUT2D eigenvalue weighted by Crippen LogP contribution is 2.50. The van der Waals surface area contributed by atoms with Gasteiger partial charge in [-0.15, -0.1) is 0 Å². The van der Waals surface area contributed by atoms with Gasteiger partial charge in [-0.05, 0) is 29.5 Å². The molecule has 0 unspecified atom stereocenters. The Morgan fingerprint density at radius 2 is 2.00 bits per heavy atom. The third-order valence-corrected chi connectivity index (χ3v) is 6.13. The topological polar surface area (TPSA) is 23.6 Å². The van der Waals surface area contributed by atoms with Crippen molar-refractivity contribution >= 4 is 17.5 Å². The van der Waals surface area contributed by atoms with Crippen LogP contribution in [0.2, 0.25) is 5.02 Å². The highest BCUT2D eigenvalue weighted by molar-refractivity contribution is 6.31. The molecule has 0 aromatic heterocycles. The van der Waals surface area contributed by atoms with E-state index in [1.54, 1.807) is 4.90 Å². The van der Waals surface area contributed by atoms with Gasteiger partial charge in [0.15, 0.2) is 0 Å². The minimum atomic E-state index is -0.0353. The number of amides is 1. The molecule has 1 saturated heterocycles. The Balaban J connectivity index is 1.95. The maximum Gasteiger partial charge on any atom is 0.240 e. The van der Waals surface area contributed by atoms with Crippen LogP contribution < -0.4 is 0 Å². The average molecular weight is 349 g/mol. The molecule has 3 atom stereocenters. The van der Waals surface area contributed by atoms with Gasteiger partial charge in [-0.25, -0.2) is 0 Å². The van der Waals surface area contributed by atoms with E-state index in [0.29, 0.717) is 17.9 Å². The van der Waals surface area contributed by atoms with Crippen molar-refractivity contribution < 1.29 is 4.79 Å². The molecule has 1 aromatic rings.